The minimum Gasteiger partial charge on any atom is -0.0407 e. The van der Waals surface area contributed by atoms with E-state index in [9.17, 15) is 0 Å². The lowest BCUT2D eigenvalue weighted by Crippen LogP contribution is -2.34. The van der Waals surface area contributed by atoms with Gasteiger partial charge in [0.2, 0.25) is 0 Å². The molecule has 0 aromatic heterocycles. The van der Waals surface area contributed by atoms with E-state index in [-0.39, 0.29) is 0 Å². The third-order valence-corrected chi connectivity index (χ3v) is 1.50. The largest absolute Gasteiger partial charge is 0.0407 e. The van der Waals surface area contributed by atoms with Gasteiger partial charge in [0.15, 0.2) is 0 Å². The van der Waals surface area contributed by atoms with Gasteiger partial charge in [0.1, 0.15) is 0 Å². The van der Waals surface area contributed by atoms with Crippen LogP contribution in [0, 0.1) is 11.8 Å². The zero-order chi connectivity index (χ0) is 3.28. The minimum atomic E-state index is 1.42. The highest BCUT2D eigenvalue weighted by Crippen LogP contribution is 2.56. The molecule has 2 radical (unpaired) electrons. The van der Waals surface area contributed by atoms with Crippen molar-refractivity contribution in [2.45, 2.75) is 19.3 Å². The minimum absolute atomic E-state index is 1.42. The van der Waals surface area contributed by atoms with Crippen molar-refractivity contribution in [2.24, 2.45) is 0 Å². The Morgan fingerprint density at radius 1 is 0.800 bits per heavy atom. The van der Waals surface area contributed by atoms with E-state index in [0.29, 0.717) is 0 Å². The molecule has 0 unspecified atom stereocenters. The Morgan fingerprint density at radius 2 is 1.00 bits per heavy atom. The van der Waals surface area contributed by atoms with Gasteiger partial charge in [-0.05, 0) is 31.1 Å². The lowest BCUT2D eigenvalue weighted by Gasteiger charge is -2.48. The van der Waals surface area contributed by atoms with Crippen LogP contribution in [0.3, 0.4) is 0 Å². The fourth-order valence-electron chi connectivity index (χ4n) is 0.905. The van der Waals surface area contributed by atoms with Gasteiger partial charge in [0, 0.05) is 0 Å². The van der Waals surface area contributed by atoms with Gasteiger partial charge in [-0.3, -0.25) is 0 Å². The predicted molar refractivity (Wildman–Crippen MR) is 20.3 cm³/mol. The maximum atomic E-state index is 1.79. The second-order valence-electron chi connectivity index (χ2n) is 2.03. The molecule has 0 spiro atoms. The van der Waals surface area contributed by atoms with E-state index >= 15 is 0 Å². The molecule has 0 aromatic rings. The van der Waals surface area contributed by atoms with E-state index in [1.165, 1.54) is 19.3 Å². The van der Waals surface area contributed by atoms with Crippen LogP contribution in [0.1, 0.15) is 19.3 Å². The van der Waals surface area contributed by atoms with Crippen molar-refractivity contribution < 1.29 is 0 Å². The maximum Gasteiger partial charge on any atom is -0.0224 e. The normalized spacial score (nSPS) is 36.0. The average molecular weight is 66.1 g/mol. The SMILES string of the molecule is C1[C]2C[C]1C2. The van der Waals surface area contributed by atoms with E-state index < -0.39 is 0 Å². The quantitative estimate of drug-likeness (QED) is 0.400. The van der Waals surface area contributed by atoms with Gasteiger partial charge in [0.05, 0.1) is 0 Å². The fraction of sp³-hybridized carbons (Fsp3) is 0.600. The number of hydrogen-bond donors (Lipinski definition) is 0. The van der Waals surface area contributed by atoms with Gasteiger partial charge in [-0.2, -0.15) is 0 Å². The van der Waals surface area contributed by atoms with Gasteiger partial charge in [0.25, 0.3) is 0 Å². The standard InChI is InChI=1S/C5H6/c1-4-2-5(1)3-4/h1-3H2. The van der Waals surface area contributed by atoms with Gasteiger partial charge >= 0.3 is 0 Å². The summed E-state index contributed by atoms with van der Waals surface area (Å²) < 4.78 is 0. The Morgan fingerprint density at radius 3 is 1.00 bits per heavy atom. The molecule has 0 aromatic carbocycles. The van der Waals surface area contributed by atoms with Crippen LogP contribution < -0.4 is 0 Å². The Bertz CT molecular complexity index is 36.8. The van der Waals surface area contributed by atoms with Crippen molar-refractivity contribution in [3.05, 3.63) is 11.8 Å². The molecule has 0 heterocycles. The molecular weight excluding hydrogens is 60.1 g/mol. The molecule has 3 saturated carbocycles. The predicted octanol–water partition coefficient (Wildman–Crippen LogP) is 1.33. The lowest BCUT2D eigenvalue weighted by atomic mass is 9.56. The monoisotopic (exact) mass is 66.0 g/mol. The highest BCUT2D eigenvalue weighted by atomic mass is 14.5. The van der Waals surface area contributed by atoms with Crippen LogP contribution in [-0.4, -0.2) is 0 Å². The number of rotatable bonds is 0. The molecule has 3 aliphatic rings. The van der Waals surface area contributed by atoms with Crippen LogP contribution in [0.2, 0.25) is 0 Å². The van der Waals surface area contributed by atoms with Crippen LogP contribution in [0.4, 0.5) is 0 Å². The molecule has 26 valence electrons. The zero-order valence-corrected chi connectivity index (χ0v) is 3.12. The Labute approximate surface area is 32.2 Å². The van der Waals surface area contributed by atoms with Gasteiger partial charge in [-0.15, -0.1) is 0 Å². The van der Waals surface area contributed by atoms with E-state index in [2.05, 4.69) is 0 Å². The van der Waals surface area contributed by atoms with Crippen molar-refractivity contribution in [1.82, 2.24) is 0 Å². The third-order valence-electron chi connectivity index (χ3n) is 1.50. The Hall–Kier alpha value is 0. The Balaban J connectivity index is 2.19. The first-order chi connectivity index (χ1) is 2.45. The summed E-state index contributed by atoms with van der Waals surface area (Å²) in [5.74, 6) is 3.58. The first kappa shape index (κ1) is 2.22. The summed E-state index contributed by atoms with van der Waals surface area (Å²) in [5.41, 5.74) is 0. The molecule has 0 atom stereocenters. The molecule has 3 rings (SSSR count). The van der Waals surface area contributed by atoms with Crippen LogP contribution in [0.25, 0.3) is 0 Å². The molecule has 5 heavy (non-hydrogen) atoms. The van der Waals surface area contributed by atoms with Crippen LogP contribution in [-0.2, 0) is 0 Å². The van der Waals surface area contributed by atoms with Gasteiger partial charge in [-0.25, -0.2) is 0 Å². The smallest absolute Gasteiger partial charge is 0.0224 e. The summed E-state index contributed by atoms with van der Waals surface area (Å²) in [6.45, 7) is 0. The molecule has 0 heteroatoms. The summed E-state index contributed by atoms with van der Waals surface area (Å²) in [6.07, 6.45) is 4.25. The van der Waals surface area contributed by atoms with Crippen molar-refractivity contribution in [2.75, 3.05) is 0 Å². The topological polar surface area (TPSA) is 0 Å². The average Bonchev–Trinajstić information content (AvgIpc) is 0.592. The van der Waals surface area contributed by atoms with Crippen LogP contribution in [0.15, 0.2) is 0 Å². The highest BCUT2D eigenvalue weighted by Gasteiger charge is 2.42. The van der Waals surface area contributed by atoms with Crippen molar-refractivity contribution >= 4 is 0 Å². The zero-order valence-electron chi connectivity index (χ0n) is 3.12. The molecular formula is C5H6. The van der Waals surface area contributed by atoms with E-state index in [0.717, 1.165) is 0 Å². The highest BCUT2D eigenvalue weighted by molar-refractivity contribution is 5.35. The first-order valence-electron chi connectivity index (χ1n) is 2.12. The summed E-state index contributed by atoms with van der Waals surface area (Å²) in [5, 5.41) is 0. The Kier molecular flexibility index (Phi) is 0.198. The summed E-state index contributed by atoms with van der Waals surface area (Å²) in [6, 6.07) is 0. The van der Waals surface area contributed by atoms with Crippen molar-refractivity contribution in [3.63, 3.8) is 0 Å². The van der Waals surface area contributed by atoms with E-state index in [1.54, 1.807) is 11.8 Å². The second-order valence-corrected chi connectivity index (χ2v) is 2.03. The van der Waals surface area contributed by atoms with Crippen LogP contribution >= 0.6 is 0 Å². The first-order valence-corrected chi connectivity index (χ1v) is 2.12. The molecule has 3 fully saturated rings. The van der Waals surface area contributed by atoms with Crippen LogP contribution in [0.5, 0.6) is 0 Å². The third kappa shape index (κ3) is 0.111. The molecule has 0 nitrogen and oxygen atoms in total. The summed E-state index contributed by atoms with van der Waals surface area (Å²) in [7, 11) is 0. The van der Waals surface area contributed by atoms with E-state index in [4.69, 9.17) is 0 Å². The van der Waals surface area contributed by atoms with Crippen molar-refractivity contribution in [1.29, 1.82) is 0 Å². The molecule has 0 aliphatic heterocycles. The molecule has 0 saturated heterocycles. The lowest BCUT2D eigenvalue weighted by molar-refractivity contribution is 0.397. The summed E-state index contributed by atoms with van der Waals surface area (Å²) >= 11 is 0. The molecule has 0 N–H and O–H groups in total. The molecule has 3 aliphatic carbocycles. The van der Waals surface area contributed by atoms with Gasteiger partial charge in [-0.1, -0.05) is 0 Å². The number of hydrogen-bond acceptors (Lipinski definition) is 0. The second kappa shape index (κ2) is 0.444. The van der Waals surface area contributed by atoms with Gasteiger partial charge < -0.3 is 0 Å². The molecule has 0 amide bonds. The maximum absolute atomic E-state index is 1.79. The summed E-state index contributed by atoms with van der Waals surface area (Å²) in [4.78, 5) is 0. The van der Waals surface area contributed by atoms with E-state index in [1.807, 2.05) is 0 Å². The van der Waals surface area contributed by atoms with Crippen molar-refractivity contribution in [3.8, 4) is 0 Å². The molecule has 2 bridgehead atoms. The fourth-order valence-corrected chi connectivity index (χ4v) is 0.905.